The lowest BCUT2D eigenvalue weighted by Gasteiger charge is -2.28. The quantitative estimate of drug-likeness (QED) is 0.111. The minimum Gasteiger partial charge on any atom is -0.344 e. The normalized spacial score (nSPS) is 15.3. The van der Waals surface area contributed by atoms with Gasteiger partial charge in [-0.15, -0.1) is 0 Å². The second-order valence-corrected chi connectivity index (χ2v) is 13.6. The number of hydrogen-bond acceptors (Lipinski definition) is 5. The first-order valence-corrected chi connectivity index (χ1v) is 18.0. The van der Waals surface area contributed by atoms with Crippen LogP contribution >= 0.6 is 0 Å². The summed E-state index contributed by atoms with van der Waals surface area (Å²) in [5.41, 5.74) is 2.94. The van der Waals surface area contributed by atoms with Crippen LogP contribution in [0.1, 0.15) is 42.9 Å². The fourth-order valence-corrected chi connectivity index (χ4v) is 6.95. The van der Waals surface area contributed by atoms with Gasteiger partial charge >= 0.3 is 0 Å². The molecule has 4 N–H and O–H groups in total. The first kappa shape index (κ1) is 35.0. The van der Waals surface area contributed by atoms with Crippen molar-refractivity contribution in [3.63, 3.8) is 0 Å². The summed E-state index contributed by atoms with van der Waals surface area (Å²) < 4.78 is 0. The summed E-state index contributed by atoms with van der Waals surface area (Å²) in [4.78, 5) is 41.7. The van der Waals surface area contributed by atoms with Gasteiger partial charge in [-0.3, -0.25) is 14.4 Å². The van der Waals surface area contributed by atoms with Crippen molar-refractivity contribution in [2.75, 3.05) is 19.6 Å². The second kappa shape index (κ2) is 17.2. The maximum atomic E-state index is 14.3. The molecule has 5 aromatic carbocycles. The molecule has 3 atom stereocenters. The van der Waals surface area contributed by atoms with Crippen LogP contribution in [0.4, 0.5) is 0 Å². The van der Waals surface area contributed by atoms with E-state index in [1.54, 1.807) is 0 Å². The molecule has 0 bridgehead atoms. The highest BCUT2D eigenvalue weighted by Crippen LogP contribution is 2.20. The molecule has 1 fully saturated rings. The zero-order valence-electron chi connectivity index (χ0n) is 28.9. The highest BCUT2D eigenvalue weighted by atomic mass is 16.2. The van der Waals surface area contributed by atoms with Crippen molar-refractivity contribution in [1.29, 1.82) is 0 Å². The van der Waals surface area contributed by atoms with Crippen LogP contribution in [0.3, 0.4) is 0 Å². The number of piperidine rings is 1. The molecule has 258 valence electrons. The first-order chi connectivity index (χ1) is 24.4. The number of carbonyl (C=O) groups excluding carboxylic acids is 3. The van der Waals surface area contributed by atoms with Crippen molar-refractivity contribution in [1.82, 2.24) is 21.3 Å². The number of rotatable bonds is 15. The fraction of sp³-hybridized carbons (Fsp3) is 0.326. The van der Waals surface area contributed by atoms with Crippen molar-refractivity contribution >= 4 is 39.1 Å². The van der Waals surface area contributed by atoms with E-state index in [1.165, 1.54) is 0 Å². The molecule has 0 aromatic heterocycles. The molecule has 0 saturated carbocycles. The molecular weight excluding hydrogens is 620 g/mol. The Kier molecular flexibility index (Phi) is 12.0. The number of carbonyl (C=O) groups is 3. The minimum absolute atomic E-state index is 0.0456. The van der Waals surface area contributed by atoms with Crippen molar-refractivity contribution in [2.24, 2.45) is 5.92 Å². The van der Waals surface area contributed by atoms with Crippen LogP contribution < -0.4 is 21.3 Å². The largest absolute Gasteiger partial charge is 0.344 e. The third-order valence-electron chi connectivity index (χ3n) is 9.90. The van der Waals surface area contributed by atoms with Crippen LogP contribution in [0.2, 0.25) is 0 Å². The highest BCUT2D eigenvalue weighted by Gasteiger charge is 2.30. The van der Waals surface area contributed by atoms with E-state index in [9.17, 15) is 14.4 Å². The van der Waals surface area contributed by atoms with E-state index in [2.05, 4.69) is 63.7 Å². The molecule has 0 aliphatic carbocycles. The molecule has 50 heavy (non-hydrogen) atoms. The molecule has 6 rings (SSSR count). The Morgan fingerprint density at radius 1 is 0.600 bits per heavy atom. The number of nitrogens with one attached hydrogen (secondary N) is 4. The molecule has 1 aliphatic heterocycles. The Labute approximate surface area is 295 Å². The van der Waals surface area contributed by atoms with Crippen LogP contribution in [0.5, 0.6) is 0 Å². The van der Waals surface area contributed by atoms with Gasteiger partial charge < -0.3 is 21.3 Å². The molecule has 1 saturated heterocycles. The average Bonchev–Trinajstić information content (AvgIpc) is 3.16. The van der Waals surface area contributed by atoms with Gasteiger partial charge in [-0.05, 0) is 89.5 Å². The van der Waals surface area contributed by atoms with Crippen molar-refractivity contribution in [3.8, 4) is 0 Å². The molecule has 0 spiro atoms. The molecule has 7 nitrogen and oxygen atoms in total. The van der Waals surface area contributed by atoms with Crippen molar-refractivity contribution in [3.05, 3.63) is 132 Å². The summed E-state index contributed by atoms with van der Waals surface area (Å²) in [5.74, 6) is -0.166. The molecule has 5 aromatic rings. The predicted molar refractivity (Wildman–Crippen MR) is 202 cm³/mol. The highest BCUT2D eigenvalue weighted by molar-refractivity contribution is 5.94. The topological polar surface area (TPSA) is 99.3 Å². The smallest absolute Gasteiger partial charge is 0.243 e. The number of hydrogen-bond donors (Lipinski definition) is 4. The molecule has 3 unspecified atom stereocenters. The molecule has 0 radical (unpaired) electrons. The van der Waals surface area contributed by atoms with Gasteiger partial charge in [0, 0.05) is 12.8 Å². The molecule has 2 amide bonds. The van der Waals surface area contributed by atoms with Gasteiger partial charge in [0.25, 0.3) is 0 Å². The maximum Gasteiger partial charge on any atom is 0.243 e. The number of ketones is 1. The summed E-state index contributed by atoms with van der Waals surface area (Å²) in [5, 5.41) is 17.7. The lowest BCUT2D eigenvalue weighted by molar-refractivity contribution is -0.132. The van der Waals surface area contributed by atoms with Crippen LogP contribution in [0.25, 0.3) is 21.5 Å². The molecular formula is C43H48N4O3. The second-order valence-electron chi connectivity index (χ2n) is 13.6. The molecule has 1 aliphatic rings. The van der Waals surface area contributed by atoms with Crippen LogP contribution in [-0.4, -0.2) is 55.4 Å². The predicted octanol–water partition coefficient (Wildman–Crippen LogP) is 5.93. The van der Waals surface area contributed by atoms with E-state index in [-0.39, 0.29) is 24.0 Å². The van der Waals surface area contributed by atoms with Gasteiger partial charge in [0.15, 0.2) is 5.78 Å². The summed E-state index contributed by atoms with van der Waals surface area (Å²) in [6, 6.07) is 36.4. The van der Waals surface area contributed by atoms with Crippen molar-refractivity contribution in [2.45, 2.75) is 63.6 Å². The molecule has 1 heterocycles. The number of Topliss-reactive ketones (excluding diaryl/α,β-unsaturated/α-hetero) is 1. The number of fused-ring (bicyclic) bond motifs is 2. The van der Waals surface area contributed by atoms with Crippen LogP contribution in [0.15, 0.2) is 115 Å². The Hall–Kier alpha value is -4.85. The standard InChI is InChI=1S/C43H48N4O3/c1-2-41(48)38(26-30-10-4-3-5-11-30)46-43(50)40(28-33-17-19-35-13-7-9-15-37(35)25-33)47-42(49)39(45-29-31-20-22-44-23-21-31)27-32-16-18-34-12-6-8-14-36(34)24-32/h3-19,24-25,31,38-40,44-45H,2,20-23,26-29H2,1H3,(H,46,50)(H,47,49). The lowest BCUT2D eigenvalue weighted by Crippen LogP contribution is -2.57. The van der Waals surface area contributed by atoms with Gasteiger partial charge in [-0.25, -0.2) is 0 Å². The summed E-state index contributed by atoms with van der Waals surface area (Å²) in [6.07, 6.45) is 3.57. The lowest BCUT2D eigenvalue weighted by atomic mass is 9.96. The van der Waals surface area contributed by atoms with E-state index in [0.29, 0.717) is 25.2 Å². The summed E-state index contributed by atoms with van der Waals surface area (Å²) >= 11 is 0. The Morgan fingerprint density at radius 3 is 1.70 bits per heavy atom. The monoisotopic (exact) mass is 668 g/mol. The average molecular weight is 669 g/mol. The van der Waals surface area contributed by atoms with Gasteiger partial charge in [-0.2, -0.15) is 0 Å². The van der Waals surface area contributed by atoms with Gasteiger partial charge in [0.05, 0.1) is 12.1 Å². The number of amides is 2. The van der Waals surface area contributed by atoms with Gasteiger partial charge in [-0.1, -0.05) is 122 Å². The van der Waals surface area contributed by atoms with E-state index in [4.69, 9.17) is 0 Å². The van der Waals surface area contributed by atoms with Crippen molar-refractivity contribution < 1.29 is 14.4 Å². The van der Waals surface area contributed by atoms with E-state index < -0.39 is 18.1 Å². The van der Waals surface area contributed by atoms with E-state index in [1.807, 2.05) is 79.7 Å². The van der Waals surface area contributed by atoms with Gasteiger partial charge in [0.2, 0.25) is 11.8 Å². The molecule has 7 heteroatoms. The zero-order chi connectivity index (χ0) is 34.7. The summed E-state index contributed by atoms with van der Waals surface area (Å²) in [6.45, 7) is 4.48. The van der Waals surface area contributed by atoms with E-state index >= 15 is 0 Å². The van der Waals surface area contributed by atoms with Crippen LogP contribution in [0, 0.1) is 5.92 Å². The minimum atomic E-state index is -0.883. The SMILES string of the molecule is CCC(=O)C(Cc1ccccc1)NC(=O)C(Cc1ccc2ccccc2c1)NC(=O)C(Cc1ccc2ccccc2c1)NCC1CCNCC1. The maximum absolute atomic E-state index is 14.3. The third-order valence-corrected chi connectivity index (χ3v) is 9.90. The Morgan fingerprint density at radius 2 is 1.10 bits per heavy atom. The van der Waals surface area contributed by atoms with Gasteiger partial charge in [0.1, 0.15) is 6.04 Å². The third kappa shape index (κ3) is 9.43. The first-order valence-electron chi connectivity index (χ1n) is 18.0. The number of benzene rings is 5. The Balaban J connectivity index is 1.26. The zero-order valence-corrected chi connectivity index (χ0v) is 28.9. The Bertz CT molecular complexity index is 1900. The van der Waals surface area contributed by atoms with E-state index in [0.717, 1.165) is 70.7 Å². The summed E-state index contributed by atoms with van der Waals surface area (Å²) in [7, 11) is 0. The van der Waals surface area contributed by atoms with Crippen LogP contribution in [-0.2, 0) is 33.6 Å². The fourth-order valence-electron chi connectivity index (χ4n) is 6.95.